The molecule has 0 bridgehead atoms. The molecule has 0 aliphatic heterocycles. The molecule has 2 aromatic rings. The van der Waals surface area contributed by atoms with Crippen LogP contribution in [0.4, 0.5) is 5.69 Å². The van der Waals surface area contributed by atoms with Crippen LogP contribution in [0, 0.1) is 6.92 Å². The van der Waals surface area contributed by atoms with Crippen molar-refractivity contribution in [2.24, 2.45) is 0 Å². The largest absolute Gasteiger partial charge is 0.423 e. The van der Waals surface area contributed by atoms with Crippen molar-refractivity contribution in [1.82, 2.24) is 0 Å². The zero-order valence-electron chi connectivity index (χ0n) is 9.51. The van der Waals surface area contributed by atoms with Crippen molar-refractivity contribution < 1.29 is 9.53 Å². The molecular weight excluding hydrogens is 214 g/mol. The second-order valence-electron chi connectivity index (χ2n) is 3.78. The zero-order valence-corrected chi connectivity index (χ0v) is 9.51. The van der Waals surface area contributed by atoms with E-state index in [4.69, 9.17) is 10.5 Å². The average molecular weight is 227 g/mol. The molecule has 0 fully saturated rings. The van der Waals surface area contributed by atoms with E-state index in [2.05, 4.69) is 0 Å². The van der Waals surface area contributed by atoms with Crippen molar-refractivity contribution in [2.75, 3.05) is 5.73 Å². The molecule has 0 radical (unpaired) electrons. The van der Waals surface area contributed by atoms with E-state index in [1.165, 1.54) is 0 Å². The topological polar surface area (TPSA) is 52.3 Å². The number of rotatable bonds is 2. The summed E-state index contributed by atoms with van der Waals surface area (Å²) >= 11 is 0. The number of anilines is 1. The molecular formula is C14H13NO2. The number of nitrogen functional groups attached to an aromatic ring is 1. The molecule has 0 atom stereocenters. The number of ether oxygens (including phenoxy) is 1. The molecule has 2 aromatic carbocycles. The number of carbonyl (C=O) groups excluding carboxylic acids is 1. The van der Waals surface area contributed by atoms with Crippen LogP contribution in [0.15, 0.2) is 48.5 Å². The molecule has 0 aliphatic carbocycles. The number of esters is 1. The summed E-state index contributed by atoms with van der Waals surface area (Å²) in [6, 6.07) is 14.0. The number of nitrogens with two attached hydrogens (primary N) is 1. The summed E-state index contributed by atoms with van der Waals surface area (Å²) in [4.78, 5) is 11.8. The molecule has 2 N–H and O–H groups in total. The Bertz CT molecular complexity index is 532. The number of aryl methyl sites for hydroxylation is 1. The third-order valence-corrected chi connectivity index (χ3v) is 2.44. The van der Waals surface area contributed by atoms with Crippen LogP contribution < -0.4 is 10.5 Å². The van der Waals surface area contributed by atoms with Crippen LogP contribution in [0.3, 0.4) is 0 Å². The van der Waals surface area contributed by atoms with Gasteiger partial charge in [0, 0.05) is 5.69 Å². The van der Waals surface area contributed by atoms with Crippen LogP contribution in [0.25, 0.3) is 0 Å². The normalized spacial score (nSPS) is 9.94. The molecule has 3 heteroatoms. The predicted molar refractivity (Wildman–Crippen MR) is 67.0 cm³/mol. The minimum atomic E-state index is -0.376. The van der Waals surface area contributed by atoms with Crippen molar-refractivity contribution in [1.29, 1.82) is 0 Å². The fourth-order valence-corrected chi connectivity index (χ4v) is 1.45. The molecule has 0 spiro atoms. The van der Waals surface area contributed by atoms with Crippen molar-refractivity contribution in [2.45, 2.75) is 6.92 Å². The maximum Gasteiger partial charge on any atom is 0.343 e. The van der Waals surface area contributed by atoms with Crippen LogP contribution in [-0.4, -0.2) is 5.97 Å². The lowest BCUT2D eigenvalue weighted by molar-refractivity contribution is 0.0733. The van der Waals surface area contributed by atoms with Gasteiger partial charge in [0.25, 0.3) is 0 Å². The Morgan fingerprint density at radius 1 is 1.06 bits per heavy atom. The number of carbonyl (C=O) groups is 1. The fourth-order valence-electron chi connectivity index (χ4n) is 1.45. The van der Waals surface area contributed by atoms with E-state index in [1.54, 1.807) is 30.3 Å². The Labute approximate surface area is 99.8 Å². The van der Waals surface area contributed by atoms with Gasteiger partial charge in [-0.3, -0.25) is 0 Å². The fraction of sp³-hybridized carbons (Fsp3) is 0.0714. The van der Waals surface area contributed by atoms with E-state index >= 15 is 0 Å². The number of benzene rings is 2. The van der Waals surface area contributed by atoms with Gasteiger partial charge in [-0.25, -0.2) is 4.79 Å². The highest BCUT2D eigenvalue weighted by molar-refractivity contribution is 5.91. The van der Waals surface area contributed by atoms with Gasteiger partial charge in [0.05, 0.1) is 5.56 Å². The van der Waals surface area contributed by atoms with Crippen molar-refractivity contribution >= 4 is 11.7 Å². The van der Waals surface area contributed by atoms with E-state index < -0.39 is 0 Å². The Hall–Kier alpha value is -2.29. The summed E-state index contributed by atoms with van der Waals surface area (Å²) in [5.41, 5.74) is 7.59. The average Bonchev–Trinajstić information content (AvgIpc) is 2.33. The third-order valence-electron chi connectivity index (χ3n) is 2.44. The van der Waals surface area contributed by atoms with Gasteiger partial charge >= 0.3 is 5.97 Å². The first-order chi connectivity index (χ1) is 8.16. The number of para-hydroxylation sites is 1. The molecule has 0 saturated heterocycles. The minimum Gasteiger partial charge on any atom is -0.423 e. The van der Waals surface area contributed by atoms with Gasteiger partial charge in [0.1, 0.15) is 5.75 Å². The smallest absolute Gasteiger partial charge is 0.343 e. The van der Waals surface area contributed by atoms with E-state index in [9.17, 15) is 4.79 Å². The lowest BCUT2D eigenvalue weighted by atomic mass is 10.2. The molecule has 0 heterocycles. The highest BCUT2D eigenvalue weighted by atomic mass is 16.5. The highest BCUT2D eigenvalue weighted by Gasteiger charge is 2.09. The SMILES string of the molecule is Cc1ccccc1OC(=O)c1ccc(N)cc1. The summed E-state index contributed by atoms with van der Waals surface area (Å²) in [5, 5.41) is 0. The first kappa shape index (κ1) is 11.2. The van der Waals surface area contributed by atoms with Gasteiger partial charge in [-0.05, 0) is 42.8 Å². The second-order valence-corrected chi connectivity index (χ2v) is 3.78. The van der Waals surface area contributed by atoms with Crippen LogP contribution >= 0.6 is 0 Å². The van der Waals surface area contributed by atoms with Gasteiger partial charge in [-0.1, -0.05) is 18.2 Å². The summed E-state index contributed by atoms with van der Waals surface area (Å²) < 4.78 is 5.29. The van der Waals surface area contributed by atoms with E-state index in [1.807, 2.05) is 25.1 Å². The Morgan fingerprint density at radius 2 is 1.71 bits per heavy atom. The van der Waals surface area contributed by atoms with E-state index in [0.29, 0.717) is 17.0 Å². The molecule has 86 valence electrons. The molecule has 0 amide bonds. The molecule has 0 saturated carbocycles. The lowest BCUT2D eigenvalue weighted by Crippen LogP contribution is -2.09. The van der Waals surface area contributed by atoms with E-state index in [-0.39, 0.29) is 5.97 Å². The van der Waals surface area contributed by atoms with Gasteiger partial charge in [0.2, 0.25) is 0 Å². The summed E-state index contributed by atoms with van der Waals surface area (Å²) in [7, 11) is 0. The Balaban J connectivity index is 2.17. The van der Waals surface area contributed by atoms with Gasteiger partial charge in [-0.15, -0.1) is 0 Å². The minimum absolute atomic E-state index is 0.376. The van der Waals surface area contributed by atoms with E-state index in [0.717, 1.165) is 5.56 Å². The van der Waals surface area contributed by atoms with Gasteiger partial charge in [-0.2, -0.15) is 0 Å². The monoisotopic (exact) mass is 227 g/mol. The maximum absolute atomic E-state index is 11.8. The van der Waals surface area contributed by atoms with Crippen LogP contribution in [0.2, 0.25) is 0 Å². The maximum atomic E-state index is 11.8. The third kappa shape index (κ3) is 2.64. The highest BCUT2D eigenvalue weighted by Crippen LogP contribution is 2.18. The molecule has 0 unspecified atom stereocenters. The lowest BCUT2D eigenvalue weighted by Gasteiger charge is -2.06. The molecule has 0 aliphatic rings. The standard InChI is InChI=1S/C14H13NO2/c1-10-4-2-3-5-13(10)17-14(16)11-6-8-12(15)9-7-11/h2-9H,15H2,1H3. The molecule has 3 nitrogen and oxygen atoms in total. The second kappa shape index (κ2) is 4.70. The molecule has 0 aromatic heterocycles. The first-order valence-corrected chi connectivity index (χ1v) is 5.30. The Kier molecular flexibility index (Phi) is 3.10. The summed E-state index contributed by atoms with van der Waals surface area (Å²) in [5.74, 6) is 0.202. The van der Waals surface area contributed by atoms with Gasteiger partial charge in [0.15, 0.2) is 0 Å². The van der Waals surface area contributed by atoms with Crippen LogP contribution in [0.1, 0.15) is 15.9 Å². The van der Waals surface area contributed by atoms with Gasteiger partial charge < -0.3 is 10.5 Å². The molecule has 17 heavy (non-hydrogen) atoms. The quantitative estimate of drug-likeness (QED) is 0.487. The van der Waals surface area contributed by atoms with Crippen molar-refractivity contribution in [3.8, 4) is 5.75 Å². The van der Waals surface area contributed by atoms with Crippen molar-refractivity contribution in [3.05, 3.63) is 59.7 Å². The van der Waals surface area contributed by atoms with Crippen LogP contribution in [0.5, 0.6) is 5.75 Å². The summed E-state index contributed by atoms with van der Waals surface area (Å²) in [6.07, 6.45) is 0. The van der Waals surface area contributed by atoms with Crippen molar-refractivity contribution in [3.63, 3.8) is 0 Å². The zero-order chi connectivity index (χ0) is 12.3. The Morgan fingerprint density at radius 3 is 2.35 bits per heavy atom. The number of hydrogen-bond acceptors (Lipinski definition) is 3. The molecule has 2 rings (SSSR count). The first-order valence-electron chi connectivity index (χ1n) is 5.30. The predicted octanol–water partition coefficient (Wildman–Crippen LogP) is 2.80. The van der Waals surface area contributed by atoms with Crippen LogP contribution in [-0.2, 0) is 0 Å². The number of hydrogen-bond donors (Lipinski definition) is 1. The summed E-state index contributed by atoms with van der Waals surface area (Å²) in [6.45, 7) is 1.89.